The number of nitrogens with zero attached hydrogens (tertiary/aromatic N) is 2. The van der Waals surface area contributed by atoms with Gasteiger partial charge >= 0.3 is 0 Å². The first-order chi connectivity index (χ1) is 15.5. The normalized spacial score (nSPS) is 11.0. The maximum Gasteiger partial charge on any atom is 0.262 e. The first-order valence-corrected chi connectivity index (χ1v) is 10.4. The van der Waals surface area contributed by atoms with E-state index < -0.39 is 0 Å². The van der Waals surface area contributed by atoms with Gasteiger partial charge in [-0.15, -0.1) is 0 Å². The van der Waals surface area contributed by atoms with Crippen molar-refractivity contribution >= 4 is 10.9 Å². The molecule has 0 radical (unpaired) electrons. The molecule has 4 rings (SSSR count). The summed E-state index contributed by atoms with van der Waals surface area (Å²) in [5.41, 5.74) is 3.84. The third kappa shape index (κ3) is 4.95. The summed E-state index contributed by atoms with van der Waals surface area (Å²) in [6.07, 6.45) is 0. The standard InChI is InChI=1S/C25H25N3O4/c1-16-11-19(12-17(2)26-16)24-27-21-13-20(14-22(30-3)23(21)25(29)28-24)32-10-9-31-15-18-7-5-4-6-8-18/h4-8,11-14H,9-10,15H2,1-3H3,(H,27,28,29). The molecule has 0 amide bonds. The number of hydrogen-bond donors (Lipinski definition) is 1. The summed E-state index contributed by atoms with van der Waals surface area (Å²) in [7, 11) is 1.52. The summed E-state index contributed by atoms with van der Waals surface area (Å²) in [6, 6.07) is 17.2. The van der Waals surface area contributed by atoms with E-state index in [1.54, 1.807) is 12.1 Å². The summed E-state index contributed by atoms with van der Waals surface area (Å²) in [6.45, 7) is 5.13. The number of hydrogen-bond acceptors (Lipinski definition) is 6. The Kier molecular flexibility index (Phi) is 6.47. The van der Waals surface area contributed by atoms with Crippen molar-refractivity contribution in [3.63, 3.8) is 0 Å². The highest BCUT2D eigenvalue weighted by molar-refractivity contribution is 5.87. The van der Waals surface area contributed by atoms with Crippen molar-refractivity contribution in [3.05, 3.63) is 81.9 Å². The van der Waals surface area contributed by atoms with Crippen molar-refractivity contribution in [2.75, 3.05) is 20.3 Å². The summed E-state index contributed by atoms with van der Waals surface area (Å²) >= 11 is 0. The number of H-pyrrole nitrogens is 1. The molecular formula is C25H25N3O4. The number of benzene rings is 2. The lowest BCUT2D eigenvalue weighted by Crippen LogP contribution is -2.12. The van der Waals surface area contributed by atoms with Gasteiger partial charge in [-0.25, -0.2) is 4.98 Å². The van der Waals surface area contributed by atoms with Crippen molar-refractivity contribution in [1.29, 1.82) is 0 Å². The smallest absolute Gasteiger partial charge is 0.262 e. The van der Waals surface area contributed by atoms with E-state index in [1.807, 2.05) is 56.3 Å². The highest BCUT2D eigenvalue weighted by atomic mass is 16.5. The number of methoxy groups -OCH3 is 1. The average molecular weight is 431 g/mol. The quantitative estimate of drug-likeness (QED) is 0.421. The van der Waals surface area contributed by atoms with Crippen LogP contribution >= 0.6 is 0 Å². The van der Waals surface area contributed by atoms with Crippen LogP contribution in [-0.4, -0.2) is 35.3 Å². The van der Waals surface area contributed by atoms with Gasteiger partial charge in [0, 0.05) is 29.1 Å². The number of rotatable bonds is 8. The van der Waals surface area contributed by atoms with E-state index in [9.17, 15) is 4.79 Å². The van der Waals surface area contributed by atoms with Crippen LogP contribution in [0.25, 0.3) is 22.3 Å². The number of aromatic nitrogens is 3. The molecule has 0 unspecified atom stereocenters. The number of nitrogens with one attached hydrogen (secondary N) is 1. The predicted molar refractivity (Wildman–Crippen MR) is 123 cm³/mol. The summed E-state index contributed by atoms with van der Waals surface area (Å²) in [5.74, 6) is 1.44. The Hall–Kier alpha value is -3.71. The molecule has 2 aromatic carbocycles. The van der Waals surface area contributed by atoms with Crippen LogP contribution in [0.1, 0.15) is 17.0 Å². The van der Waals surface area contributed by atoms with Crippen LogP contribution < -0.4 is 15.0 Å². The molecule has 0 aliphatic carbocycles. The average Bonchev–Trinajstić information content (AvgIpc) is 2.78. The number of pyridine rings is 1. The van der Waals surface area contributed by atoms with Gasteiger partial charge in [0.05, 0.1) is 25.8 Å². The Balaban J connectivity index is 1.55. The molecule has 4 aromatic rings. The van der Waals surface area contributed by atoms with Crippen molar-refractivity contribution in [1.82, 2.24) is 15.0 Å². The van der Waals surface area contributed by atoms with Crippen LogP contribution in [0.15, 0.2) is 59.4 Å². The van der Waals surface area contributed by atoms with Gasteiger partial charge in [-0.3, -0.25) is 9.78 Å². The van der Waals surface area contributed by atoms with Gasteiger partial charge in [0.1, 0.15) is 29.3 Å². The van der Waals surface area contributed by atoms with Crippen LogP contribution in [0.4, 0.5) is 0 Å². The van der Waals surface area contributed by atoms with Crippen LogP contribution in [0.2, 0.25) is 0 Å². The molecule has 164 valence electrons. The van der Waals surface area contributed by atoms with Gasteiger partial charge < -0.3 is 19.2 Å². The van der Waals surface area contributed by atoms with E-state index in [0.29, 0.717) is 48.0 Å². The Morgan fingerprint density at radius 2 is 1.69 bits per heavy atom. The molecule has 0 atom stereocenters. The summed E-state index contributed by atoms with van der Waals surface area (Å²) in [5, 5.41) is 0.381. The van der Waals surface area contributed by atoms with E-state index in [1.165, 1.54) is 7.11 Å². The van der Waals surface area contributed by atoms with Crippen molar-refractivity contribution < 1.29 is 14.2 Å². The minimum Gasteiger partial charge on any atom is -0.496 e. The Bertz CT molecular complexity index is 1270. The zero-order valence-electron chi connectivity index (χ0n) is 18.3. The van der Waals surface area contributed by atoms with Crippen molar-refractivity contribution in [3.8, 4) is 22.9 Å². The summed E-state index contributed by atoms with van der Waals surface area (Å²) < 4.78 is 17.0. The largest absolute Gasteiger partial charge is 0.496 e. The maximum atomic E-state index is 12.8. The minimum atomic E-state index is -0.272. The lowest BCUT2D eigenvalue weighted by molar-refractivity contribution is 0.0889. The molecule has 2 aromatic heterocycles. The van der Waals surface area contributed by atoms with Gasteiger partial charge in [0.15, 0.2) is 0 Å². The highest BCUT2D eigenvalue weighted by Crippen LogP contribution is 2.29. The fraction of sp³-hybridized carbons (Fsp3) is 0.240. The van der Waals surface area contributed by atoms with Gasteiger partial charge in [-0.05, 0) is 31.5 Å². The molecular weight excluding hydrogens is 406 g/mol. The van der Waals surface area contributed by atoms with Crippen LogP contribution in [0.5, 0.6) is 11.5 Å². The molecule has 0 bridgehead atoms. The zero-order chi connectivity index (χ0) is 22.5. The van der Waals surface area contributed by atoms with Gasteiger partial charge in [0.25, 0.3) is 5.56 Å². The third-order valence-corrected chi connectivity index (χ3v) is 4.93. The fourth-order valence-corrected chi connectivity index (χ4v) is 3.55. The molecule has 0 aliphatic rings. The van der Waals surface area contributed by atoms with Crippen molar-refractivity contribution in [2.45, 2.75) is 20.5 Å². The highest BCUT2D eigenvalue weighted by Gasteiger charge is 2.14. The molecule has 32 heavy (non-hydrogen) atoms. The topological polar surface area (TPSA) is 86.3 Å². The monoisotopic (exact) mass is 431 g/mol. The second kappa shape index (κ2) is 9.62. The summed E-state index contributed by atoms with van der Waals surface area (Å²) in [4.78, 5) is 24.7. The Morgan fingerprint density at radius 3 is 2.41 bits per heavy atom. The van der Waals surface area contributed by atoms with E-state index in [4.69, 9.17) is 14.2 Å². The van der Waals surface area contributed by atoms with E-state index in [2.05, 4.69) is 15.0 Å². The second-order valence-corrected chi connectivity index (χ2v) is 7.46. The van der Waals surface area contributed by atoms with Crippen LogP contribution in [0, 0.1) is 13.8 Å². The maximum absolute atomic E-state index is 12.8. The molecule has 0 aliphatic heterocycles. The third-order valence-electron chi connectivity index (χ3n) is 4.93. The van der Waals surface area contributed by atoms with Gasteiger partial charge in [0.2, 0.25) is 0 Å². The Morgan fingerprint density at radius 1 is 0.938 bits per heavy atom. The molecule has 0 spiro atoms. The molecule has 7 heteroatoms. The first-order valence-electron chi connectivity index (χ1n) is 10.4. The molecule has 1 N–H and O–H groups in total. The van der Waals surface area contributed by atoms with Crippen LogP contribution in [-0.2, 0) is 11.3 Å². The molecule has 0 saturated carbocycles. The van der Waals surface area contributed by atoms with Crippen LogP contribution in [0.3, 0.4) is 0 Å². The van der Waals surface area contributed by atoms with Gasteiger partial charge in [-0.2, -0.15) is 0 Å². The molecule has 7 nitrogen and oxygen atoms in total. The number of aromatic amines is 1. The lowest BCUT2D eigenvalue weighted by atomic mass is 10.1. The molecule has 0 saturated heterocycles. The Labute approximate surface area is 186 Å². The zero-order valence-corrected chi connectivity index (χ0v) is 18.3. The van der Waals surface area contributed by atoms with Gasteiger partial charge in [-0.1, -0.05) is 30.3 Å². The van der Waals surface area contributed by atoms with Crippen molar-refractivity contribution in [2.24, 2.45) is 0 Å². The second-order valence-electron chi connectivity index (χ2n) is 7.46. The number of aryl methyl sites for hydroxylation is 2. The minimum absolute atomic E-state index is 0.272. The van der Waals surface area contributed by atoms with E-state index in [-0.39, 0.29) is 5.56 Å². The number of fused-ring (bicyclic) bond motifs is 1. The molecule has 2 heterocycles. The first kappa shape index (κ1) is 21.5. The van der Waals surface area contributed by atoms with E-state index in [0.717, 1.165) is 22.5 Å². The lowest BCUT2D eigenvalue weighted by Gasteiger charge is -2.12. The fourth-order valence-electron chi connectivity index (χ4n) is 3.55. The number of ether oxygens (including phenoxy) is 3. The molecule has 0 fully saturated rings. The SMILES string of the molecule is COc1cc(OCCOCc2ccccc2)cc2nc(-c3cc(C)nc(C)c3)[nH]c(=O)c12. The predicted octanol–water partition coefficient (Wildman–Crippen LogP) is 4.21. The van der Waals surface area contributed by atoms with E-state index >= 15 is 0 Å².